The van der Waals surface area contributed by atoms with Gasteiger partial charge in [0.25, 0.3) is 0 Å². The molecule has 0 aliphatic heterocycles. The zero-order valence-electron chi connectivity index (χ0n) is 17.7. The molecule has 1 N–H and O–H groups in total. The van der Waals surface area contributed by atoms with E-state index in [1.54, 1.807) is 14.2 Å². The first-order valence-electron chi connectivity index (χ1n) is 10.0. The molecule has 0 aliphatic rings. The van der Waals surface area contributed by atoms with E-state index in [1.165, 1.54) is 6.07 Å². The number of benzene rings is 3. The van der Waals surface area contributed by atoms with E-state index >= 15 is 0 Å². The Labute approximate surface area is 184 Å². The number of para-hydroxylation sites is 1. The molecule has 0 atom stereocenters. The van der Waals surface area contributed by atoms with Gasteiger partial charge in [0.1, 0.15) is 11.5 Å². The summed E-state index contributed by atoms with van der Waals surface area (Å²) < 4.78 is 39.3. The number of nitrogens with zero attached hydrogens (tertiary/aromatic N) is 1. The van der Waals surface area contributed by atoms with E-state index < -0.39 is 11.6 Å². The van der Waals surface area contributed by atoms with Crippen LogP contribution >= 0.6 is 0 Å². The van der Waals surface area contributed by atoms with Gasteiger partial charge in [0.05, 0.1) is 20.6 Å². The van der Waals surface area contributed by atoms with Crippen LogP contribution in [0, 0.1) is 11.6 Å². The van der Waals surface area contributed by atoms with Gasteiger partial charge in [-0.2, -0.15) is 0 Å². The quantitative estimate of drug-likeness (QED) is 0.435. The molecule has 164 valence electrons. The average molecular weight is 436 g/mol. The molecular formula is C25H22F2N2O3. The molecule has 0 fully saturated rings. The number of ether oxygens (including phenoxy) is 2. The minimum absolute atomic E-state index is 0.0912. The van der Waals surface area contributed by atoms with Crippen molar-refractivity contribution in [3.63, 3.8) is 0 Å². The smallest absolute Gasteiger partial charge is 0.228 e. The highest BCUT2D eigenvalue weighted by Crippen LogP contribution is 2.27. The highest BCUT2D eigenvalue weighted by molar-refractivity contribution is 5.96. The van der Waals surface area contributed by atoms with Crippen LogP contribution in [-0.4, -0.2) is 24.7 Å². The van der Waals surface area contributed by atoms with Crippen LogP contribution in [0.3, 0.4) is 0 Å². The number of hydrogen-bond acceptors (Lipinski definition) is 3. The molecule has 7 heteroatoms. The van der Waals surface area contributed by atoms with E-state index in [0.29, 0.717) is 18.0 Å². The van der Waals surface area contributed by atoms with Crippen LogP contribution in [0.4, 0.5) is 14.5 Å². The average Bonchev–Trinajstić information content (AvgIpc) is 3.13. The Morgan fingerprint density at radius 2 is 1.66 bits per heavy atom. The second-order valence-corrected chi connectivity index (χ2v) is 7.37. The second-order valence-electron chi connectivity index (χ2n) is 7.37. The van der Waals surface area contributed by atoms with Crippen LogP contribution < -0.4 is 14.8 Å². The number of carbonyl (C=O) groups is 1. The van der Waals surface area contributed by atoms with Gasteiger partial charge in [-0.05, 0) is 41.5 Å². The normalized spacial score (nSPS) is 10.9. The molecule has 4 rings (SSSR count). The first-order valence-corrected chi connectivity index (χ1v) is 10.0. The SMILES string of the molecule is COc1cc(Cn2cc(CC(=O)Nc3ccc(F)c(F)c3)c3ccccc32)cc(OC)c1. The fourth-order valence-electron chi connectivity index (χ4n) is 3.70. The topological polar surface area (TPSA) is 52.5 Å². The van der Waals surface area contributed by atoms with Crippen LogP contribution in [0.15, 0.2) is 66.9 Å². The number of rotatable bonds is 7. The Hall–Kier alpha value is -3.87. The van der Waals surface area contributed by atoms with Crippen molar-refractivity contribution >= 4 is 22.5 Å². The summed E-state index contributed by atoms with van der Waals surface area (Å²) in [6.07, 6.45) is 2.02. The van der Waals surface area contributed by atoms with E-state index in [-0.39, 0.29) is 18.0 Å². The molecule has 0 bridgehead atoms. The van der Waals surface area contributed by atoms with Crippen LogP contribution in [0.25, 0.3) is 10.9 Å². The van der Waals surface area contributed by atoms with Gasteiger partial charge in [-0.25, -0.2) is 8.78 Å². The third kappa shape index (κ3) is 4.56. The maximum Gasteiger partial charge on any atom is 0.228 e. The van der Waals surface area contributed by atoms with E-state index in [1.807, 2.05) is 48.7 Å². The molecule has 3 aromatic carbocycles. The van der Waals surface area contributed by atoms with Gasteiger partial charge in [0.2, 0.25) is 5.91 Å². The van der Waals surface area contributed by atoms with Crippen LogP contribution in [0.1, 0.15) is 11.1 Å². The van der Waals surface area contributed by atoms with Gasteiger partial charge in [0, 0.05) is 41.5 Å². The number of nitrogens with one attached hydrogen (secondary N) is 1. The van der Waals surface area contributed by atoms with Crippen molar-refractivity contribution in [1.29, 1.82) is 0 Å². The minimum Gasteiger partial charge on any atom is -0.497 e. The number of fused-ring (bicyclic) bond motifs is 1. The molecule has 0 spiro atoms. The molecule has 1 heterocycles. The summed E-state index contributed by atoms with van der Waals surface area (Å²) in [6, 6.07) is 16.8. The number of methoxy groups -OCH3 is 2. The molecule has 0 saturated heterocycles. The Kier molecular flexibility index (Phi) is 6.07. The molecule has 32 heavy (non-hydrogen) atoms. The summed E-state index contributed by atoms with van der Waals surface area (Å²) in [4.78, 5) is 12.6. The molecule has 0 radical (unpaired) electrons. The Bertz CT molecular complexity index is 1260. The highest BCUT2D eigenvalue weighted by Gasteiger charge is 2.14. The monoisotopic (exact) mass is 436 g/mol. The molecule has 1 amide bonds. The van der Waals surface area contributed by atoms with Crippen molar-refractivity contribution in [2.75, 3.05) is 19.5 Å². The lowest BCUT2D eigenvalue weighted by atomic mass is 10.1. The van der Waals surface area contributed by atoms with Crippen LogP contribution in [-0.2, 0) is 17.8 Å². The molecule has 0 aliphatic carbocycles. The lowest BCUT2D eigenvalue weighted by molar-refractivity contribution is -0.115. The van der Waals surface area contributed by atoms with Gasteiger partial charge in [-0.15, -0.1) is 0 Å². The number of hydrogen-bond donors (Lipinski definition) is 1. The summed E-state index contributed by atoms with van der Waals surface area (Å²) in [5.74, 6) is -0.890. The maximum absolute atomic E-state index is 13.4. The third-order valence-corrected chi connectivity index (χ3v) is 5.19. The molecular weight excluding hydrogens is 414 g/mol. The van der Waals surface area contributed by atoms with E-state index in [0.717, 1.165) is 34.2 Å². The molecule has 0 saturated carbocycles. The summed E-state index contributed by atoms with van der Waals surface area (Å²) >= 11 is 0. The van der Waals surface area contributed by atoms with Gasteiger partial charge >= 0.3 is 0 Å². The van der Waals surface area contributed by atoms with Crippen LogP contribution in [0.5, 0.6) is 11.5 Å². The predicted octanol–water partition coefficient (Wildman–Crippen LogP) is 5.17. The van der Waals surface area contributed by atoms with Crippen molar-refractivity contribution in [3.05, 3.63) is 89.6 Å². The number of carbonyl (C=O) groups excluding carboxylic acids is 1. The molecule has 4 aromatic rings. The maximum atomic E-state index is 13.4. The van der Waals surface area contributed by atoms with Crippen molar-refractivity contribution in [2.24, 2.45) is 0 Å². The zero-order valence-corrected chi connectivity index (χ0v) is 17.7. The van der Waals surface area contributed by atoms with Gasteiger partial charge in [-0.1, -0.05) is 18.2 Å². The highest BCUT2D eigenvalue weighted by atomic mass is 19.2. The Balaban J connectivity index is 1.60. The number of halogens is 2. The number of aromatic nitrogens is 1. The van der Waals surface area contributed by atoms with Crippen molar-refractivity contribution in [1.82, 2.24) is 4.57 Å². The molecule has 1 aromatic heterocycles. The lowest BCUT2D eigenvalue weighted by Crippen LogP contribution is -2.14. The third-order valence-electron chi connectivity index (χ3n) is 5.19. The fraction of sp³-hybridized carbons (Fsp3) is 0.160. The van der Waals surface area contributed by atoms with Gasteiger partial charge < -0.3 is 19.4 Å². The fourth-order valence-corrected chi connectivity index (χ4v) is 3.70. The van der Waals surface area contributed by atoms with Crippen molar-refractivity contribution in [2.45, 2.75) is 13.0 Å². The molecule has 5 nitrogen and oxygen atoms in total. The summed E-state index contributed by atoms with van der Waals surface area (Å²) in [7, 11) is 3.21. The number of amides is 1. The summed E-state index contributed by atoms with van der Waals surface area (Å²) in [5.41, 5.74) is 3.00. The first kappa shape index (κ1) is 21.4. The summed E-state index contributed by atoms with van der Waals surface area (Å²) in [6.45, 7) is 0.554. The van der Waals surface area contributed by atoms with Crippen LogP contribution in [0.2, 0.25) is 0 Å². The van der Waals surface area contributed by atoms with Crippen molar-refractivity contribution < 1.29 is 23.0 Å². The minimum atomic E-state index is -1.01. The number of anilines is 1. The Morgan fingerprint density at radius 1 is 0.938 bits per heavy atom. The second kappa shape index (κ2) is 9.09. The largest absolute Gasteiger partial charge is 0.497 e. The van der Waals surface area contributed by atoms with Gasteiger partial charge in [-0.3, -0.25) is 4.79 Å². The van der Waals surface area contributed by atoms with Gasteiger partial charge in [0.15, 0.2) is 11.6 Å². The van der Waals surface area contributed by atoms with E-state index in [2.05, 4.69) is 9.88 Å². The Morgan fingerprint density at radius 3 is 2.34 bits per heavy atom. The zero-order chi connectivity index (χ0) is 22.7. The lowest BCUT2D eigenvalue weighted by Gasteiger charge is -2.10. The summed E-state index contributed by atoms with van der Waals surface area (Å²) in [5, 5.41) is 3.57. The van der Waals surface area contributed by atoms with Crippen molar-refractivity contribution in [3.8, 4) is 11.5 Å². The molecule has 0 unspecified atom stereocenters. The van der Waals surface area contributed by atoms with E-state index in [4.69, 9.17) is 9.47 Å². The standard InChI is InChI=1S/C25H22F2N2O3/c1-31-19-9-16(10-20(13-19)32-2)14-29-15-17(21-5-3-4-6-24(21)29)11-25(30)28-18-7-8-22(26)23(27)12-18/h3-10,12-13,15H,11,14H2,1-2H3,(H,28,30). The predicted molar refractivity (Wildman–Crippen MR) is 119 cm³/mol. The van der Waals surface area contributed by atoms with E-state index in [9.17, 15) is 13.6 Å². The first-order chi connectivity index (χ1) is 15.5.